The third kappa shape index (κ3) is 2.74. The lowest BCUT2D eigenvalue weighted by Crippen LogP contribution is -1.86. The van der Waals surface area contributed by atoms with E-state index in [1.54, 1.807) is 0 Å². The van der Waals surface area contributed by atoms with E-state index in [-0.39, 0.29) is 0 Å². The molecule has 2 aromatic rings. The molecule has 0 aliphatic carbocycles. The van der Waals surface area contributed by atoms with Gasteiger partial charge in [0.15, 0.2) is 0 Å². The zero-order valence-corrected chi connectivity index (χ0v) is 9.02. The highest BCUT2D eigenvalue weighted by molar-refractivity contribution is 5.33. The minimum absolute atomic E-state index is 0.811. The highest BCUT2D eigenvalue weighted by atomic mass is 16.5. The molecule has 0 aromatic heterocycles. The van der Waals surface area contributed by atoms with Crippen molar-refractivity contribution in [1.29, 1.82) is 0 Å². The number of rotatable bonds is 4. The third-order valence-electron chi connectivity index (χ3n) is 2.18. The number of benzene rings is 2. The Kier molecular flexibility index (Phi) is 3.39. The van der Waals surface area contributed by atoms with Crippen molar-refractivity contribution >= 4 is 0 Å². The van der Waals surface area contributed by atoms with Gasteiger partial charge in [-0.15, -0.1) is 6.58 Å². The average molecular weight is 209 g/mol. The fraction of sp³-hybridized carbons (Fsp3) is 0.0667. The Morgan fingerprint density at radius 2 is 1.94 bits per heavy atom. The zero-order valence-electron chi connectivity index (χ0n) is 9.02. The summed E-state index contributed by atoms with van der Waals surface area (Å²) in [5, 5.41) is 0. The van der Waals surface area contributed by atoms with Gasteiger partial charge in [-0.2, -0.15) is 0 Å². The molecule has 0 aliphatic rings. The highest BCUT2D eigenvalue weighted by Gasteiger charge is 1.97. The Bertz CT molecular complexity index is 460. The molecular weight excluding hydrogens is 196 g/mol. The van der Waals surface area contributed by atoms with E-state index in [1.807, 2.05) is 54.6 Å². The highest BCUT2D eigenvalue weighted by Crippen LogP contribution is 2.21. The van der Waals surface area contributed by atoms with Gasteiger partial charge in [0.05, 0.1) is 0 Å². The van der Waals surface area contributed by atoms with Crippen LogP contribution in [0, 0.1) is 6.07 Å². The van der Waals surface area contributed by atoms with Crippen molar-refractivity contribution in [1.82, 2.24) is 0 Å². The van der Waals surface area contributed by atoms with Crippen LogP contribution in [0.1, 0.15) is 5.56 Å². The van der Waals surface area contributed by atoms with Crippen molar-refractivity contribution in [2.24, 2.45) is 0 Å². The Balaban J connectivity index is 2.15. The van der Waals surface area contributed by atoms with Crippen LogP contribution in [0.25, 0.3) is 0 Å². The maximum Gasteiger partial charge on any atom is 0.127 e. The van der Waals surface area contributed by atoms with E-state index in [0.29, 0.717) is 0 Å². The predicted molar refractivity (Wildman–Crippen MR) is 65.7 cm³/mol. The monoisotopic (exact) mass is 209 g/mol. The van der Waals surface area contributed by atoms with E-state index < -0.39 is 0 Å². The largest absolute Gasteiger partial charge is 0.457 e. The molecule has 79 valence electrons. The van der Waals surface area contributed by atoms with Gasteiger partial charge in [-0.25, -0.2) is 0 Å². The van der Waals surface area contributed by atoms with Crippen LogP contribution in [-0.4, -0.2) is 0 Å². The molecule has 0 N–H and O–H groups in total. The summed E-state index contributed by atoms with van der Waals surface area (Å²) < 4.78 is 5.71. The molecule has 1 heteroatoms. The first-order chi connectivity index (χ1) is 7.88. The maximum absolute atomic E-state index is 5.71. The normalized spacial score (nSPS) is 9.75. The Hall–Kier alpha value is -2.02. The van der Waals surface area contributed by atoms with Gasteiger partial charge in [0.1, 0.15) is 11.5 Å². The summed E-state index contributed by atoms with van der Waals surface area (Å²) in [5.74, 6) is 1.68. The summed E-state index contributed by atoms with van der Waals surface area (Å²) >= 11 is 0. The molecule has 0 bridgehead atoms. The Morgan fingerprint density at radius 3 is 2.69 bits per heavy atom. The van der Waals surface area contributed by atoms with Crippen LogP contribution in [0.5, 0.6) is 11.5 Å². The first-order valence-corrected chi connectivity index (χ1v) is 5.23. The van der Waals surface area contributed by atoms with E-state index in [2.05, 4.69) is 12.6 Å². The van der Waals surface area contributed by atoms with Crippen LogP contribution >= 0.6 is 0 Å². The Labute approximate surface area is 96.0 Å². The van der Waals surface area contributed by atoms with E-state index in [9.17, 15) is 0 Å². The molecule has 0 aliphatic heterocycles. The first-order valence-electron chi connectivity index (χ1n) is 5.23. The predicted octanol–water partition coefficient (Wildman–Crippen LogP) is 4.01. The Morgan fingerprint density at radius 1 is 1.12 bits per heavy atom. The smallest absolute Gasteiger partial charge is 0.127 e. The van der Waals surface area contributed by atoms with Crippen LogP contribution in [-0.2, 0) is 6.42 Å². The van der Waals surface area contributed by atoms with Gasteiger partial charge in [-0.05, 0) is 42.3 Å². The van der Waals surface area contributed by atoms with Crippen LogP contribution in [0.4, 0.5) is 0 Å². The fourth-order valence-corrected chi connectivity index (χ4v) is 1.45. The number of allylic oxidation sites excluding steroid dienone is 1. The summed E-state index contributed by atoms with van der Waals surface area (Å²) in [5.41, 5.74) is 1.09. The summed E-state index contributed by atoms with van der Waals surface area (Å²) in [6, 6.07) is 18.6. The SMILES string of the molecule is C=CCc1[c]ccc(Oc2ccccc2)c1. The van der Waals surface area contributed by atoms with Crippen LogP contribution in [0.3, 0.4) is 0 Å². The quantitative estimate of drug-likeness (QED) is 0.691. The van der Waals surface area contributed by atoms with E-state index in [1.165, 1.54) is 0 Å². The van der Waals surface area contributed by atoms with Crippen LogP contribution in [0.15, 0.2) is 61.2 Å². The number of ether oxygens (including phenoxy) is 1. The molecule has 0 heterocycles. The maximum atomic E-state index is 5.71. The second-order valence-electron chi connectivity index (χ2n) is 3.46. The molecule has 0 fully saturated rings. The lowest BCUT2D eigenvalue weighted by atomic mass is 10.1. The standard InChI is InChI=1S/C15H13O/c1-2-7-13-8-6-11-15(12-13)16-14-9-4-3-5-10-14/h2-6,9-12H,1,7H2. The fourth-order valence-electron chi connectivity index (χ4n) is 1.45. The topological polar surface area (TPSA) is 9.23 Å². The van der Waals surface area contributed by atoms with E-state index in [0.717, 1.165) is 23.5 Å². The van der Waals surface area contributed by atoms with Crippen LogP contribution < -0.4 is 4.74 Å². The van der Waals surface area contributed by atoms with E-state index in [4.69, 9.17) is 4.74 Å². The van der Waals surface area contributed by atoms with Crippen molar-refractivity contribution in [2.45, 2.75) is 6.42 Å². The molecule has 2 rings (SSSR count). The van der Waals surface area contributed by atoms with Crippen LogP contribution in [0.2, 0.25) is 0 Å². The van der Waals surface area contributed by atoms with Gasteiger partial charge in [-0.3, -0.25) is 0 Å². The lowest BCUT2D eigenvalue weighted by Gasteiger charge is -2.06. The third-order valence-corrected chi connectivity index (χ3v) is 2.18. The average Bonchev–Trinajstić information content (AvgIpc) is 2.31. The van der Waals surface area contributed by atoms with Gasteiger partial charge in [-0.1, -0.05) is 30.3 Å². The van der Waals surface area contributed by atoms with Crippen molar-refractivity contribution in [3.05, 3.63) is 72.8 Å². The molecule has 0 saturated carbocycles. The molecule has 16 heavy (non-hydrogen) atoms. The van der Waals surface area contributed by atoms with E-state index >= 15 is 0 Å². The second-order valence-corrected chi connectivity index (χ2v) is 3.46. The van der Waals surface area contributed by atoms with Gasteiger partial charge in [0.2, 0.25) is 0 Å². The van der Waals surface area contributed by atoms with Crippen molar-refractivity contribution in [2.75, 3.05) is 0 Å². The van der Waals surface area contributed by atoms with Crippen molar-refractivity contribution in [3.8, 4) is 11.5 Å². The molecule has 0 amide bonds. The molecule has 2 aromatic carbocycles. The summed E-state index contributed by atoms with van der Waals surface area (Å²) in [6.07, 6.45) is 2.67. The zero-order chi connectivity index (χ0) is 11.2. The van der Waals surface area contributed by atoms with Gasteiger partial charge in [0, 0.05) is 0 Å². The summed E-state index contributed by atoms with van der Waals surface area (Å²) in [4.78, 5) is 0. The second kappa shape index (κ2) is 5.17. The van der Waals surface area contributed by atoms with Crippen molar-refractivity contribution in [3.63, 3.8) is 0 Å². The number of para-hydroxylation sites is 1. The number of hydrogen-bond acceptors (Lipinski definition) is 1. The molecule has 0 saturated heterocycles. The molecule has 1 nitrogen and oxygen atoms in total. The molecule has 0 atom stereocenters. The first kappa shape index (κ1) is 10.5. The minimum Gasteiger partial charge on any atom is -0.457 e. The van der Waals surface area contributed by atoms with Crippen molar-refractivity contribution < 1.29 is 4.74 Å². The minimum atomic E-state index is 0.811. The summed E-state index contributed by atoms with van der Waals surface area (Å²) in [6.45, 7) is 3.71. The number of hydrogen-bond donors (Lipinski definition) is 0. The summed E-state index contributed by atoms with van der Waals surface area (Å²) in [7, 11) is 0. The molecule has 0 spiro atoms. The van der Waals surface area contributed by atoms with Gasteiger partial charge >= 0.3 is 0 Å². The molecular formula is C15H13O. The molecule has 1 radical (unpaired) electrons. The molecule has 0 unspecified atom stereocenters. The lowest BCUT2D eigenvalue weighted by molar-refractivity contribution is 0.482. The van der Waals surface area contributed by atoms with Gasteiger partial charge < -0.3 is 4.74 Å². The van der Waals surface area contributed by atoms with Gasteiger partial charge in [0.25, 0.3) is 0 Å².